The summed E-state index contributed by atoms with van der Waals surface area (Å²) in [5, 5.41) is 0.486. The van der Waals surface area contributed by atoms with Crippen LogP contribution in [0.4, 0.5) is 0 Å². The summed E-state index contributed by atoms with van der Waals surface area (Å²) in [5.74, 6) is 0. The SMILES string of the molecule is NC1CC=CS1(=O)=O. The molecule has 0 fully saturated rings. The fourth-order valence-corrected chi connectivity index (χ4v) is 1.52. The van der Waals surface area contributed by atoms with Crippen molar-refractivity contribution in [1.82, 2.24) is 0 Å². The molecule has 0 spiro atoms. The fraction of sp³-hybridized carbons (Fsp3) is 0.500. The van der Waals surface area contributed by atoms with Crippen molar-refractivity contribution >= 4 is 9.84 Å². The summed E-state index contributed by atoms with van der Waals surface area (Å²) >= 11 is 0. The van der Waals surface area contributed by atoms with Crippen LogP contribution >= 0.6 is 0 Å². The molecule has 1 heterocycles. The molecule has 1 unspecified atom stereocenters. The van der Waals surface area contributed by atoms with Gasteiger partial charge in [0.05, 0.1) is 0 Å². The van der Waals surface area contributed by atoms with Crippen LogP contribution in [-0.2, 0) is 9.84 Å². The van der Waals surface area contributed by atoms with E-state index < -0.39 is 15.2 Å². The van der Waals surface area contributed by atoms with Crippen LogP contribution in [0.3, 0.4) is 0 Å². The standard InChI is InChI=1S/C4H7NO2S/c5-4-2-1-3-8(4,6)7/h1,3-4H,2,5H2. The predicted molar refractivity (Wildman–Crippen MR) is 30.7 cm³/mol. The van der Waals surface area contributed by atoms with Crippen LogP contribution in [0.2, 0.25) is 0 Å². The van der Waals surface area contributed by atoms with E-state index in [2.05, 4.69) is 0 Å². The van der Waals surface area contributed by atoms with E-state index in [1.54, 1.807) is 6.08 Å². The Kier molecular flexibility index (Phi) is 1.13. The molecular formula is C4H7NO2S. The van der Waals surface area contributed by atoms with Crippen molar-refractivity contribution in [1.29, 1.82) is 0 Å². The zero-order valence-corrected chi connectivity index (χ0v) is 5.06. The monoisotopic (exact) mass is 133 g/mol. The lowest BCUT2D eigenvalue weighted by Crippen LogP contribution is -2.24. The van der Waals surface area contributed by atoms with E-state index in [0.717, 1.165) is 5.41 Å². The molecule has 8 heavy (non-hydrogen) atoms. The van der Waals surface area contributed by atoms with E-state index in [4.69, 9.17) is 5.73 Å². The molecule has 0 radical (unpaired) electrons. The molecule has 0 aromatic rings. The highest BCUT2D eigenvalue weighted by atomic mass is 32.2. The van der Waals surface area contributed by atoms with Crippen LogP contribution < -0.4 is 5.73 Å². The quantitative estimate of drug-likeness (QED) is 0.489. The highest BCUT2D eigenvalue weighted by Crippen LogP contribution is 2.11. The van der Waals surface area contributed by atoms with E-state index in [1.807, 2.05) is 0 Å². The summed E-state index contributed by atoms with van der Waals surface area (Å²) in [6.07, 6.45) is 2.03. The molecule has 1 aliphatic heterocycles. The minimum Gasteiger partial charge on any atom is -0.315 e. The topological polar surface area (TPSA) is 60.2 Å². The molecule has 2 N–H and O–H groups in total. The minimum atomic E-state index is -3.03. The van der Waals surface area contributed by atoms with Crippen LogP contribution in [0.25, 0.3) is 0 Å². The summed E-state index contributed by atoms with van der Waals surface area (Å²) in [7, 11) is -3.03. The smallest absolute Gasteiger partial charge is 0.187 e. The number of rotatable bonds is 0. The van der Waals surface area contributed by atoms with Crippen LogP contribution in [-0.4, -0.2) is 13.8 Å². The van der Waals surface area contributed by atoms with Gasteiger partial charge in [0.25, 0.3) is 0 Å². The zero-order valence-electron chi connectivity index (χ0n) is 4.24. The van der Waals surface area contributed by atoms with Crippen molar-refractivity contribution in [3.05, 3.63) is 11.5 Å². The molecule has 0 amide bonds. The second-order valence-electron chi connectivity index (χ2n) is 1.73. The van der Waals surface area contributed by atoms with Crippen molar-refractivity contribution in [3.63, 3.8) is 0 Å². The lowest BCUT2D eigenvalue weighted by atomic mass is 10.4. The predicted octanol–water partition coefficient (Wildman–Crippen LogP) is -0.397. The molecule has 0 aromatic heterocycles. The average molecular weight is 133 g/mol. The van der Waals surface area contributed by atoms with E-state index in [9.17, 15) is 8.42 Å². The van der Waals surface area contributed by atoms with Crippen molar-refractivity contribution in [2.45, 2.75) is 11.8 Å². The molecule has 0 aliphatic carbocycles. The maximum atomic E-state index is 10.5. The van der Waals surface area contributed by atoms with Gasteiger partial charge >= 0.3 is 0 Å². The van der Waals surface area contributed by atoms with Gasteiger partial charge < -0.3 is 5.73 Å². The molecule has 3 nitrogen and oxygen atoms in total. The zero-order chi connectivity index (χ0) is 6.20. The molecule has 0 bridgehead atoms. The number of hydrogen-bond acceptors (Lipinski definition) is 3. The second-order valence-corrected chi connectivity index (χ2v) is 3.79. The lowest BCUT2D eigenvalue weighted by molar-refractivity contribution is 0.594. The average Bonchev–Trinajstić information content (AvgIpc) is 1.86. The molecule has 0 aromatic carbocycles. The maximum Gasteiger partial charge on any atom is 0.187 e. The highest BCUT2D eigenvalue weighted by Gasteiger charge is 2.21. The summed E-state index contributed by atoms with van der Waals surface area (Å²) < 4.78 is 21.1. The van der Waals surface area contributed by atoms with Crippen molar-refractivity contribution in [3.8, 4) is 0 Å². The first-order chi connectivity index (χ1) is 3.63. The van der Waals surface area contributed by atoms with E-state index in [0.29, 0.717) is 6.42 Å². The lowest BCUT2D eigenvalue weighted by Gasteiger charge is -1.96. The van der Waals surface area contributed by atoms with Gasteiger partial charge in [0.2, 0.25) is 0 Å². The Labute approximate surface area is 48.1 Å². The van der Waals surface area contributed by atoms with Gasteiger partial charge in [0.15, 0.2) is 9.84 Å². The van der Waals surface area contributed by atoms with E-state index >= 15 is 0 Å². The fourth-order valence-electron chi connectivity index (χ4n) is 0.559. The Bertz CT molecular complexity index is 204. The van der Waals surface area contributed by atoms with Crippen molar-refractivity contribution in [2.75, 3.05) is 0 Å². The molecule has 1 atom stereocenters. The highest BCUT2D eigenvalue weighted by molar-refractivity contribution is 7.95. The minimum absolute atomic E-state index is 0.461. The largest absolute Gasteiger partial charge is 0.315 e. The first-order valence-corrected chi connectivity index (χ1v) is 3.90. The van der Waals surface area contributed by atoms with Gasteiger partial charge in [0, 0.05) is 5.41 Å². The van der Waals surface area contributed by atoms with Gasteiger partial charge in [-0.05, 0) is 6.42 Å². The summed E-state index contributed by atoms with van der Waals surface area (Å²) in [5.41, 5.74) is 5.16. The van der Waals surface area contributed by atoms with Gasteiger partial charge in [-0.15, -0.1) is 0 Å². The number of sulfone groups is 1. The van der Waals surface area contributed by atoms with Gasteiger partial charge in [-0.1, -0.05) is 6.08 Å². The molecule has 1 aliphatic rings. The van der Waals surface area contributed by atoms with E-state index in [-0.39, 0.29) is 0 Å². The summed E-state index contributed by atoms with van der Waals surface area (Å²) in [6.45, 7) is 0. The first-order valence-electron chi connectivity index (χ1n) is 2.29. The molecule has 0 saturated heterocycles. The molecule has 4 heteroatoms. The third-order valence-corrected chi connectivity index (χ3v) is 2.68. The van der Waals surface area contributed by atoms with Crippen molar-refractivity contribution in [2.24, 2.45) is 5.73 Å². The molecule has 1 rings (SSSR count). The normalized spacial score (nSPS) is 33.4. The summed E-state index contributed by atoms with van der Waals surface area (Å²) in [4.78, 5) is 0. The van der Waals surface area contributed by atoms with Crippen LogP contribution in [0.15, 0.2) is 11.5 Å². The Morgan fingerprint density at radius 1 is 1.62 bits per heavy atom. The van der Waals surface area contributed by atoms with Gasteiger partial charge in [0.1, 0.15) is 5.37 Å². The van der Waals surface area contributed by atoms with Crippen LogP contribution in [0.1, 0.15) is 6.42 Å². The van der Waals surface area contributed by atoms with E-state index in [1.165, 1.54) is 0 Å². The Morgan fingerprint density at radius 3 is 2.38 bits per heavy atom. The van der Waals surface area contributed by atoms with Gasteiger partial charge in [-0.3, -0.25) is 0 Å². The van der Waals surface area contributed by atoms with Gasteiger partial charge in [-0.2, -0.15) is 0 Å². The van der Waals surface area contributed by atoms with Gasteiger partial charge in [-0.25, -0.2) is 8.42 Å². The third-order valence-electron chi connectivity index (χ3n) is 1.08. The molecule has 46 valence electrons. The third kappa shape index (κ3) is 0.763. The number of hydrogen-bond donors (Lipinski definition) is 1. The second kappa shape index (κ2) is 1.56. The number of nitrogens with two attached hydrogens (primary N) is 1. The molecular weight excluding hydrogens is 126 g/mol. The Morgan fingerprint density at radius 2 is 2.25 bits per heavy atom. The summed E-state index contributed by atoms with van der Waals surface area (Å²) in [6, 6.07) is 0. The Balaban J connectivity index is 3.01. The van der Waals surface area contributed by atoms with Crippen molar-refractivity contribution < 1.29 is 8.42 Å². The Hall–Kier alpha value is -0.350. The van der Waals surface area contributed by atoms with Crippen LogP contribution in [0, 0.1) is 0 Å². The van der Waals surface area contributed by atoms with Crippen LogP contribution in [0.5, 0.6) is 0 Å². The maximum absolute atomic E-state index is 10.5. The first kappa shape index (κ1) is 5.78. The molecule has 0 saturated carbocycles.